The molecule has 0 fully saturated rings. The van der Waals surface area contributed by atoms with Crippen LogP contribution < -0.4 is 10.6 Å². The number of hydrogen-bond donors (Lipinski definition) is 2. The van der Waals surface area contributed by atoms with Gasteiger partial charge in [0, 0.05) is 0 Å². The van der Waals surface area contributed by atoms with Crippen LogP contribution >= 0.6 is 0 Å². The van der Waals surface area contributed by atoms with E-state index in [0.717, 1.165) is 0 Å². The number of carbonyl (C=O) groups is 2. The summed E-state index contributed by atoms with van der Waals surface area (Å²) in [5.41, 5.74) is 0. The molecule has 0 spiro atoms. The van der Waals surface area contributed by atoms with Gasteiger partial charge in [-0.3, -0.25) is 4.79 Å². The van der Waals surface area contributed by atoms with E-state index in [0.29, 0.717) is 0 Å². The number of likely N-dealkylation sites (N-methyl/N-ethyl adjacent to an activating group) is 1. The van der Waals surface area contributed by atoms with Gasteiger partial charge in [0.1, 0.15) is 12.6 Å². The monoisotopic (exact) mass is 214 g/mol. The van der Waals surface area contributed by atoms with Crippen LogP contribution in [0.25, 0.3) is 0 Å². The predicted molar refractivity (Wildman–Crippen MR) is 57.3 cm³/mol. The van der Waals surface area contributed by atoms with Gasteiger partial charge in [-0.1, -0.05) is 12.7 Å². The van der Waals surface area contributed by atoms with Gasteiger partial charge in [-0.2, -0.15) is 0 Å². The first-order valence-electron chi connectivity index (χ1n) is 4.78. The average molecular weight is 214 g/mol. The number of nitrogens with one attached hydrogen (secondary N) is 2. The van der Waals surface area contributed by atoms with Gasteiger partial charge >= 0.3 is 5.97 Å². The van der Waals surface area contributed by atoms with E-state index in [9.17, 15) is 9.59 Å². The van der Waals surface area contributed by atoms with Crippen LogP contribution in [0.1, 0.15) is 13.8 Å². The first-order valence-corrected chi connectivity index (χ1v) is 4.78. The molecule has 0 heterocycles. The van der Waals surface area contributed by atoms with Gasteiger partial charge in [-0.15, -0.1) is 0 Å². The Labute approximate surface area is 89.9 Å². The minimum Gasteiger partial charge on any atom is -0.460 e. The van der Waals surface area contributed by atoms with E-state index in [1.54, 1.807) is 20.9 Å². The Hall–Kier alpha value is -1.36. The maximum atomic E-state index is 11.4. The van der Waals surface area contributed by atoms with Crippen molar-refractivity contribution in [2.45, 2.75) is 25.9 Å². The summed E-state index contributed by atoms with van der Waals surface area (Å²) in [6.45, 7) is 6.85. The Morgan fingerprint density at radius 2 is 2.00 bits per heavy atom. The third-order valence-electron chi connectivity index (χ3n) is 1.88. The van der Waals surface area contributed by atoms with Crippen LogP contribution in [0.3, 0.4) is 0 Å². The van der Waals surface area contributed by atoms with Crippen LogP contribution in [-0.4, -0.2) is 37.6 Å². The SMILES string of the molecule is C=CCOC(=O)[C@H](C)NC(=O)[C@H](C)NC. The third kappa shape index (κ3) is 5.17. The Kier molecular flexibility index (Phi) is 6.37. The van der Waals surface area contributed by atoms with Crippen LogP contribution in [-0.2, 0) is 14.3 Å². The van der Waals surface area contributed by atoms with Gasteiger partial charge in [-0.05, 0) is 20.9 Å². The minimum atomic E-state index is -0.645. The fraction of sp³-hybridized carbons (Fsp3) is 0.600. The Morgan fingerprint density at radius 1 is 1.40 bits per heavy atom. The Balaban J connectivity index is 4.00. The van der Waals surface area contributed by atoms with Crippen molar-refractivity contribution in [3.05, 3.63) is 12.7 Å². The molecular formula is C10H18N2O3. The zero-order valence-corrected chi connectivity index (χ0v) is 9.37. The number of rotatable bonds is 6. The molecule has 0 aliphatic carbocycles. The van der Waals surface area contributed by atoms with Crippen molar-refractivity contribution in [1.29, 1.82) is 0 Å². The van der Waals surface area contributed by atoms with Crippen molar-refractivity contribution in [2.24, 2.45) is 0 Å². The van der Waals surface area contributed by atoms with Crippen molar-refractivity contribution in [1.82, 2.24) is 10.6 Å². The smallest absolute Gasteiger partial charge is 0.328 e. The molecule has 5 heteroatoms. The average Bonchev–Trinajstić information content (AvgIpc) is 2.24. The normalized spacial score (nSPS) is 13.8. The van der Waals surface area contributed by atoms with Crippen LogP contribution in [0.2, 0.25) is 0 Å². The molecule has 0 bridgehead atoms. The van der Waals surface area contributed by atoms with Gasteiger partial charge in [0.25, 0.3) is 0 Å². The standard InChI is InChI=1S/C10H18N2O3/c1-5-6-15-10(14)8(3)12-9(13)7(2)11-4/h5,7-8,11H,1,6H2,2-4H3,(H,12,13)/t7-,8-/m0/s1. The first kappa shape index (κ1) is 13.6. The molecule has 15 heavy (non-hydrogen) atoms. The molecular weight excluding hydrogens is 196 g/mol. The Bertz CT molecular complexity index is 241. The summed E-state index contributed by atoms with van der Waals surface area (Å²) in [5, 5.41) is 5.30. The molecule has 0 aromatic carbocycles. The van der Waals surface area contributed by atoms with Gasteiger partial charge in [-0.25, -0.2) is 4.79 Å². The second-order valence-electron chi connectivity index (χ2n) is 3.16. The number of carbonyl (C=O) groups excluding carboxylic acids is 2. The van der Waals surface area contributed by atoms with E-state index in [4.69, 9.17) is 4.74 Å². The minimum absolute atomic E-state index is 0.153. The number of ether oxygens (including phenoxy) is 1. The molecule has 1 amide bonds. The molecule has 86 valence electrons. The molecule has 0 saturated carbocycles. The maximum Gasteiger partial charge on any atom is 0.328 e. The van der Waals surface area contributed by atoms with E-state index >= 15 is 0 Å². The van der Waals surface area contributed by atoms with Crippen LogP contribution in [0.15, 0.2) is 12.7 Å². The maximum absolute atomic E-state index is 11.4. The molecule has 0 rings (SSSR count). The zero-order valence-electron chi connectivity index (χ0n) is 9.37. The highest BCUT2D eigenvalue weighted by Gasteiger charge is 2.19. The fourth-order valence-corrected chi connectivity index (χ4v) is 0.794. The second-order valence-corrected chi connectivity index (χ2v) is 3.16. The second kappa shape index (κ2) is 7.00. The molecule has 0 aliphatic heterocycles. The van der Waals surface area contributed by atoms with Crippen LogP contribution in [0, 0.1) is 0 Å². The first-order chi connectivity index (χ1) is 7.02. The highest BCUT2D eigenvalue weighted by molar-refractivity contribution is 5.87. The van der Waals surface area contributed by atoms with E-state index in [-0.39, 0.29) is 18.6 Å². The van der Waals surface area contributed by atoms with E-state index < -0.39 is 12.0 Å². The van der Waals surface area contributed by atoms with Gasteiger partial charge < -0.3 is 15.4 Å². The number of esters is 1. The number of amides is 1. The molecule has 0 aromatic heterocycles. The summed E-state index contributed by atoms with van der Waals surface area (Å²) >= 11 is 0. The lowest BCUT2D eigenvalue weighted by molar-refractivity contribution is -0.146. The number of hydrogen-bond acceptors (Lipinski definition) is 4. The predicted octanol–water partition coefficient (Wildman–Crippen LogP) is -0.172. The van der Waals surface area contributed by atoms with Crippen molar-refractivity contribution in [3.8, 4) is 0 Å². The molecule has 2 atom stereocenters. The lowest BCUT2D eigenvalue weighted by atomic mass is 10.2. The third-order valence-corrected chi connectivity index (χ3v) is 1.88. The van der Waals surface area contributed by atoms with E-state index in [1.165, 1.54) is 6.08 Å². The van der Waals surface area contributed by atoms with Crippen molar-refractivity contribution in [2.75, 3.05) is 13.7 Å². The van der Waals surface area contributed by atoms with Crippen molar-refractivity contribution < 1.29 is 14.3 Å². The van der Waals surface area contributed by atoms with E-state index in [2.05, 4.69) is 17.2 Å². The van der Waals surface area contributed by atoms with Gasteiger partial charge in [0.15, 0.2) is 0 Å². The molecule has 0 aromatic rings. The molecule has 0 radical (unpaired) electrons. The summed E-state index contributed by atoms with van der Waals surface area (Å²) in [6, 6.07) is -0.979. The van der Waals surface area contributed by atoms with Crippen LogP contribution in [0.4, 0.5) is 0 Å². The quantitative estimate of drug-likeness (QED) is 0.476. The molecule has 0 unspecified atom stereocenters. The summed E-state index contributed by atoms with van der Waals surface area (Å²) in [5.74, 6) is -0.702. The lowest BCUT2D eigenvalue weighted by Crippen LogP contribution is -2.47. The summed E-state index contributed by atoms with van der Waals surface area (Å²) in [6.07, 6.45) is 1.47. The highest BCUT2D eigenvalue weighted by atomic mass is 16.5. The largest absolute Gasteiger partial charge is 0.460 e. The molecule has 2 N–H and O–H groups in total. The van der Waals surface area contributed by atoms with Crippen molar-refractivity contribution >= 4 is 11.9 Å². The topological polar surface area (TPSA) is 67.4 Å². The summed E-state index contributed by atoms with van der Waals surface area (Å²) in [7, 11) is 1.67. The molecule has 5 nitrogen and oxygen atoms in total. The summed E-state index contributed by atoms with van der Waals surface area (Å²) in [4.78, 5) is 22.6. The van der Waals surface area contributed by atoms with E-state index in [1.807, 2.05) is 0 Å². The van der Waals surface area contributed by atoms with Crippen molar-refractivity contribution in [3.63, 3.8) is 0 Å². The zero-order chi connectivity index (χ0) is 11.8. The molecule has 0 saturated heterocycles. The van der Waals surface area contributed by atoms with Gasteiger partial charge in [0.2, 0.25) is 5.91 Å². The lowest BCUT2D eigenvalue weighted by Gasteiger charge is -2.15. The van der Waals surface area contributed by atoms with Gasteiger partial charge in [0.05, 0.1) is 6.04 Å². The Morgan fingerprint density at radius 3 is 2.47 bits per heavy atom. The summed E-state index contributed by atoms with van der Waals surface area (Å²) < 4.78 is 4.78. The highest BCUT2D eigenvalue weighted by Crippen LogP contribution is 1.90. The fourth-order valence-electron chi connectivity index (χ4n) is 0.794. The van der Waals surface area contributed by atoms with Crippen LogP contribution in [0.5, 0.6) is 0 Å². The molecule has 0 aliphatic rings.